The van der Waals surface area contributed by atoms with Crippen molar-refractivity contribution in [1.82, 2.24) is 5.43 Å². The molecule has 0 spiro atoms. The molecule has 0 saturated heterocycles. The zero-order chi connectivity index (χ0) is 23.8. The zero-order valence-corrected chi connectivity index (χ0v) is 20.0. The van der Waals surface area contributed by atoms with Crippen LogP contribution in [-0.2, 0) is 21.2 Å². The number of hydrazone groups is 1. The lowest BCUT2D eigenvalue weighted by molar-refractivity contribution is -0.119. The summed E-state index contributed by atoms with van der Waals surface area (Å²) in [7, 11) is -3.94. The molecule has 33 heavy (non-hydrogen) atoms. The minimum atomic E-state index is -3.94. The van der Waals surface area contributed by atoms with Gasteiger partial charge in [0.2, 0.25) is 0 Å². The van der Waals surface area contributed by atoms with Crippen LogP contribution in [0.15, 0.2) is 88.9 Å². The lowest BCUT2D eigenvalue weighted by atomic mass is 10.1. The third kappa shape index (κ3) is 6.52. The lowest BCUT2D eigenvalue weighted by Crippen LogP contribution is -2.39. The van der Waals surface area contributed by atoms with E-state index in [9.17, 15) is 13.2 Å². The van der Waals surface area contributed by atoms with Crippen LogP contribution in [0.3, 0.4) is 0 Å². The third-order valence-electron chi connectivity index (χ3n) is 5.39. The van der Waals surface area contributed by atoms with Gasteiger partial charge in [0, 0.05) is 5.71 Å². The van der Waals surface area contributed by atoms with Crippen LogP contribution in [-0.4, -0.2) is 26.6 Å². The standard InChI is InChI=1S/C26H29N3O3S/c1-20-14-17-24(18-21(20)2)29(33(31,32)25-12-8-5-9-13-25)19-26(30)28-27-22(3)15-16-23-10-6-4-7-11-23/h4-14,17-18H,15-16,19H2,1-3H3,(H,28,30)/b27-22-. The Bertz CT molecular complexity index is 1220. The lowest BCUT2D eigenvalue weighted by Gasteiger charge is -2.24. The van der Waals surface area contributed by atoms with Gasteiger partial charge in [-0.2, -0.15) is 5.10 Å². The van der Waals surface area contributed by atoms with Gasteiger partial charge in [-0.25, -0.2) is 13.8 Å². The number of rotatable bonds is 9. The number of sulfonamides is 1. The van der Waals surface area contributed by atoms with Crippen LogP contribution in [0.25, 0.3) is 0 Å². The molecule has 0 atom stereocenters. The number of nitrogens with zero attached hydrogens (tertiary/aromatic N) is 2. The normalized spacial score (nSPS) is 11.8. The molecule has 1 amide bonds. The van der Waals surface area contributed by atoms with Gasteiger partial charge in [0.05, 0.1) is 10.6 Å². The number of aryl methyl sites for hydroxylation is 3. The Hall–Kier alpha value is -3.45. The molecule has 0 saturated carbocycles. The number of carbonyl (C=O) groups is 1. The maximum atomic E-state index is 13.4. The fraction of sp³-hybridized carbons (Fsp3) is 0.231. The van der Waals surface area contributed by atoms with Gasteiger partial charge in [-0.05, 0) is 74.6 Å². The Morgan fingerprint density at radius 3 is 2.18 bits per heavy atom. The fourth-order valence-corrected chi connectivity index (χ4v) is 4.70. The van der Waals surface area contributed by atoms with E-state index in [4.69, 9.17) is 0 Å². The Morgan fingerprint density at radius 2 is 1.55 bits per heavy atom. The van der Waals surface area contributed by atoms with E-state index in [1.165, 1.54) is 17.7 Å². The third-order valence-corrected chi connectivity index (χ3v) is 7.17. The van der Waals surface area contributed by atoms with Crippen molar-refractivity contribution < 1.29 is 13.2 Å². The van der Waals surface area contributed by atoms with Crippen LogP contribution in [0.1, 0.15) is 30.0 Å². The molecular weight excluding hydrogens is 434 g/mol. The highest BCUT2D eigenvalue weighted by atomic mass is 32.2. The smallest absolute Gasteiger partial charge is 0.264 e. The summed E-state index contributed by atoms with van der Waals surface area (Å²) in [6, 6.07) is 23.5. The first-order valence-electron chi connectivity index (χ1n) is 10.8. The largest absolute Gasteiger partial charge is 0.271 e. The second kappa shape index (κ2) is 10.9. The van der Waals surface area contributed by atoms with Gasteiger partial charge in [-0.15, -0.1) is 0 Å². The molecule has 0 fully saturated rings. The van der Waals surface area contributed by atoms with Crippen LogP contribution >= 0.6 is 0 Å². The molecule has 0 aromatic heterocycles. The van der Waals surface area contributed by atoms with Crippen molar-refractivity contribution in [2.75, 3.05) is 10.8 Å². The van der Waals surface area contributed by atoms with E-state index in [2.05, 4.69) is 10.5 Å². The van der Waals surface area contributed by atoms with Crippen molar-refractivity contribution in [1.29, 1.82) is 0 Å². The van der Waals surface area contributed by atoms with Gasteiger partial charge in [0.1, 0.15) is 6.54 Å². The molecule has 3 aromatic rings. The van der Waals surface area contributed by atoms with Crippen LogP contribution in [0.4, 0.5) is 5.69 Å². The minimum absolute atomic E-state index is 0.124. The summed E-state index contributed by atoms with van der Waals surface area (Å²) in [5.41, 5.74) is 6.87. The van der Waals surface area contributed by atoms with Crippen molar-refractivity contribution in [2.45, 2.75) is 38.5 Å². The molecule has 6 nitrogen and oxygen atoms in total. The number of anilines is 1. The average molecular weight is 464 g/mol. The first-order valence-corrected chi connectivity index (χ1v) is 12.2. The second-order valence-electron chi connectivity index (χ2n) is 7.96. The number of hydrogen-bond acceptors (Lipinski definition) is 4. The molecule has 1 N–H and O–H groups in total. The molecular formula is C26H29N3O3S. The Kier molecular flexibility index (Phi) is 8.01. The highest BCUT2D eigenvalue weighted by Crippen LogP contribution is 2.25. The van der Waals surface area contributed by atoms with Gasteiger partial charge in [-0.3, -0.25) is 9.10 Å². The van der Waals surface area contributed by atoms with Crippen molar-refractivity contribution >= 4 is 27.3 Å². The molecule has 0 bridgehead atoms. The van der Waals surface area contributed by atoms with Gasteiger partial charge in [0.25, 0.3) is 15.9 Å². The number of amides is 1. The Morgan fingerprint density at radius 1 is 0.909 bits per heavy atom. The average Bonchev–Trinajstić information content (AvgIpc) is 2.83. The maximum Gasteiger partial charge on any atom is 0.264 e. The van der Waals surface area contributed by atoms with Crippen molar-refractivity contribution in [3.8, 4) is 0 Å². The molecule has 3 aromatic carbocycles. The van der Waals surface area contributed by atoms with E-state index in [0.29, 0.717) is 12.1 Å². The summed E-state index contributed by atoms with van der Waals surface area (Å²) in [4.78, 5) is 12.8. The first kappa shape index (κ1) is 24.2. The topological polar surface area (TPSA) is 78.8 Å². The van der Waals surface area contributed by atoms with Gasteiger partial charge in [0.15, 0.2) is 0 Å². The summed E-state index contributed by atoms with van der Waals surface area (Å²) >= 11 is 0. The predicted molar refractivity (Wildman–Crippen MR) is 133 cm³/mol. The molecule has 3 rings (SSSR count). The summed E-state index contributed by atoms with van der Waals surface area (Å²) in [5, 5.41) is 4.17. The van der Waals surface area contributed by atoms with Crippen LogP contribution in [0, 0.1) is 13.8 Å². The zero-order valence-electron chi connectivity index (χ0n) is 19.2. The minimum Gasteiger partial charge on any atom is -0.271 e. The fourth-order valence-electron chi connectivity index (χ4n) is 3.26. The SMILES string of the molecule is C/C(CCc1ccccc1)=N/NC(=O)CN(c1ccc(C)c(C)c1)S(=O)(=O)c1ccccc1. The summed E-state index contributed by atoms with van der Waals surface area (Å²) in [5.74, 6) is -0.508. The van der Waals surface area contributed by atoms with Crippen molar-refractivity contribution in [3.05, 3.63) is 95.6 Å². The molecule has 0 aliphatic heterocycles. The number of carbonyl (C=O) groups excluding carboxylic acids is 1. The molecule has 0 heterocycles. The van der Waals surface area contributed by atoms with Crippen molar-refractivity contribution in [2.24, 2.45) is 5.10 Å². The van der Waals surface area contributed by atoms with Crippen molar-refractivity contribution in [3.63, 3.8) is 0 Å². The first-order chi connectivity index (χ1) is 15.8. The van der Waals surface area contributed by atoms with Gasteiger partial charge in [-0.1, -0.05) is 54.6 Å². The van der Waals surface area contributed by atoms with E-state index in [-0.39, 0.29) is 11.4 Å². The highest BCUT2D eigenvalue weighted by Gasteiger charge is 2.27. The van der Waals surface area contributed by atoms with E-state index in [1.807, 2.05) is 57.2 Å². The molecule has 7 heteroatoms. The second-order valence-corrected chi connectivity index (χ2v) is 9.82. The predicted octanol–water partition coefficient (Wildman–Crippen LogP) is 4.62. The summed E-state index contributed by atoms with van der Waals surface area (Å²) < 4.78 is 27.9. The van der Waals surface area contributed by atoms with Crippen LogP contribution < -0.4 is 9.73 Å². The quantitative estimate of drug-likeness (QED) is 0.371. The van der Waals surface area contributed by atoms with E-state index in [1.54, 1.807) is 30.3 Å². The highest BCUT2D eigenvalue weighted by molar-refractivity contribution is 7.92. The number of nitrogens with one attached hydrogen (secondary N) is 1. The van der Waals surface area contributed by atoms with Crippen LogP contribution in [0.5, 0.6) is 0 Å². The molecule has 0 radical (unpaired) electrons. The number of benzene rings is 3. The molecule has 0 aliphatic rings. The van der Waals surface area contributed by atoms with Gasteiger partial charge >= 0.3 is 0 Å². The van der Waals surface area contributed by atoms with E-state index >= 15 is 0 Å². The molecule has 0 unspecified atom stereocenters. The van der Waals surface area contributed by atoms with E-state index < -0.39 is 15.9 Å². The Balaban J connectivity index is 1.77. The number of hydrogen-bond donors (Lipinski definition) is 1. The van der Waals surface area contributed by atoms with Crippen LogP contribution in [0.2, 0.25) is 0 Å². The summed E-state index contributed by atoms with van der Waals surface area (Å²) in [6.45, 7) is 5.32. The van der Waals surface area contributed by atoms with E-state index in [0.717, 1.165) is 27.6 Å². The summed E-state index contributed by atoms with van der Waals surface area (Å²) in [6.07, 6.45) is 1.50. The van der Waals surface area contributed by atoms with Gasteiger partial charge < -0.3 is 0 Å². The monoisotopic (exact) mass is 463 g/mol. The molecule has 0 aliphatic carbocycles. The Labute approximate surface area is 196 Å². The maximum absolute atomic E-state index is 13.4. The molecule has 172 valence electrons.